The maximum absolute atomic E-state index is 12.6. The number of carbonyl (C=O) groups excluding carboxylic acids is 2. The van der Waals surface area contributed by atoms with Crippen LogP contribution in [0.3, 0.4) is 0 Å². The van der Waals surface area contributed by atoms with Crippen molar-refractivity contribution in [1.82, 2.24) is 19.3 Å². The lowest BCUT2D eigenvalue weighted by atomic mass is 10.2. The topological polar surface area (TPSA) is 111 Å². The van der Waals surface area contributed by atoms with Gasteiger partial charge >= 0.3 is 0 Å². The SMILES string of the molecule is CC(=O)Nc1ccc(Cl)c(NC(=O)Cn2cnc3c(c(Br)nn3C)c2=O)c1. The molecule has 2 aromatic heterocycles. The summed E-state index contributed by atoms with van der Waals surface area (Å²) in [6.45, 7) is 1.11. The number of hydrogen-bond acceptors (Lipinski definition) is 5. The van der Waals surface area contributed by atoms with Crippen LogP contribution in [0.15, 0.2) is 33.9 Å². The zero-order chi connectivity index (χ0) is 19.7. The standard InChI is InChI=1S/C16H14BrClN6O3/c1-8(25)20-9-3-4-10(18)11(5-9)21-12(26)6-24-7-19-15-13(16(24)27)14(17)22-23(15)2/h3-5,7H,6H2,1-2H3,(H,20,25)(H,21,26). The number of nitrogens with one attached hydrogen (secondary N) is 2. The van der Waals surface area contributed by atoms with Crippen LogP contribution in [-0.4, -0.2) is 31.1 Å². The molecule has 1 aromatic carbocycles. The summed E-state index contributed by atoms with van der Waals surface area (Å²) in [6, 6.07) is 4.69. The summed E-state index contributed by atoms with van der Waals surface area (Å²) in [5.74, 6) is -0.720. The van der Waals surface area contributed by atoms with E-state index in [0.717, 1.165) is 0 Å². The van der Waals surface area contributed by atoms with Crippen molar-refractivity contribution in [1.29, 1.82) is 0 Å². The summed E-state index contributed by atoms with van der Waals surface area (Å²) < 4.78 is 3.01. The molecule has 2 N–H and O–H groups in total. The monoisotopic (exact) mass is 452 g/mol. The van der Waals surface area contributed by atoms with Gasteiger partial charge in [-0.05, 0) is 34.1 Å². The van der Waals surface area contributed by atoms with Gasteiger partial charge in [0.05, 0.1) is 10.7 Å². The maximum atomic E-state index is 12.6. The van der Waals surface area contributed by atoms with E-state index < -0.39 is 11.5 Å². The maximum Gasteiger partial charge on any atom is 0.266 e. The van der Waals surface area contributed by atoms with Crippen molar-refractivity contribution < 1.29 is 9.59 Å². The molecule has 0 unspecified atom stereocenters. The van der Waals surface area contributed by atoms with Gasteiger partial charge in [-0.25, -0.2) is 9.67 Å². The van der Waals surface area contributed by atoms with Crippen LogP contribution in [-0.2, 0) is 23.2 Å². The number of benzene rings is 1. The Morgan fingerprint density at radius 3 is 2.74 bits per heavy atom. The van der Waals surface area contributed by atoms with Gasteiger partial charge in [0.2, 0.25) is 11.8 Å². The number of hydrogen-bond donors (Lipinski definition) is 2. The molecule has 2 amide bonds. The van der Waals surface area contributed by atoms with Crippen molar-refractivity contribution in [2.24, 2.45) is 7.05 Å². The smallest absolute Gasteiger partial charge is 0.266 e. The summed E-state index contributed by atoms with van der Waals surface area (Å²) >= 11 is 9.31. The highest BCUT2D eigenvalue weighted by Crippen LogP contribution is 2.25. The van der Waals surface area contributed by atoms with E-state index in [1.54, 1.807) is 19.2 Å². The van der Waals surface area contributed by atoms with E-state index in [9.17, 15) is 14.4 Å². The first-order valence-electron chi connectivity index (χ1n) is 7.71. The first-order valence-corrected chi connectivity index (χ1v) is 8.88. The average Bonchev–Trinajstić information content (AvgIpc) is 2.87. The molecule has 2 heterocycles. The lowest BCUT2D eigenvalue weighted by Crippen LogP contribution is -2.28. The Bertz CT molecular complexity index is 1120. The number of rotatable bonds is 4. The molecule has 0 aliphatic carbocycles. The van der Waals surface area contributed by atoms with Crippen LogP contribution < -0.4 is 16.2 Å². The molecule has 3 aromatic rings. The lowest BCUT2D eigenvalue weighted by Gasteiger charge is -2.11. The van der Waals surface area contributed by atoms with Gasteiger partial charge in [0.25, 0.3) is 5.56 Å². The largest absolute Gasteiger partial charge is 0.326 e. The van der Waals surface area contributed by atoms with E-state index in [-0.39, 0.29) is 12.5 Å². The van der Waals surface area contributed by atoms with E-state index in [2.05, 4.69) is 36.6 Å². The van der Waals surface area contributed by atoms with E-state index >= 15 is 0 Å². The van der Waals surface area contributed by atoms with E-state index in [1.807, 2.05) is 0 Å². The molecule has 0 saturated heterocycles. The number of halogens is 2. The van der Waals surface area contributed by atoms with E-state index in [1.165, 1.54) is 28.6 Å². The number of nitrogens with zero attached hydrogens (tertiary/aromatic N) is 4. The third-order valence-electron chi connectivity index (χ3n) is 3.64. The van der Waals surface area contributed by atoms with Crippen LogP contribution in [0.1, 0.15) is 6.92 Å². The molecule has 27 heavy (non-hydrogen) atoms. The Morgan fingerprint density at radius 2 is 2.04 bits per heavy atom. The van der Waals surface area contributed by atoms with Crippen molar-refractivity contribution in [3.8, 4) is 0 Å². The predicted octanol–water partition coefficient (Wildman–Crippen LogP) is 2.14. The number of aryl methyl sites for hydroxylation is 1. The quantitative estimate of drug-likeness (QED) is 0.629. The van der Waals surface area contributed by atoms with Crippen molar-refractivity contribution >= 4 is 61.8 Å². The Kier molecular flexibility index (Phi) is 5.29. The minimum atomic E-state index is -0.472. The van der Waals surface area contributed by atoms with Gasteiger partial charge in [0, 0.05) is 19.7 Å². The first-order chi connectivity index (χ1) is 12.8. The highest BCUT2D eigenvalue weighted by molar-refractivity contribution is 9.10. The fourth-order valence-electron chi connectivity index (χ4n) is 2.49. The van der Waals surface area contributed by atoms with Gasteiger partial charge < -0.3 is 10.6 Å². The molecule has 0 fully saturated rings. The third kappa shape index (κ3) is 4.01. The molecular weight excluding hydrogens is 440 g/mol. The average molecular weight is 454 g/mol. The van der Waals surface area contributed by atoms with Crippen molar-refractivity contribution in [2.75, 3.05) is 10.6 Å². The molecule has 0 bridgehead atoms. The summed E-state index contributed by atoms with van der Waals surface area (Å²) in [4.78, 5) is 40.3. The Morgan fingerprint density at radius 1 is 1.30 bits per heavy atom. The van der Waals surface area contributed by atoms with Crippen LogP contribution >= 0.6 is 27.5 Å². The molecule has 0 aliphatic heterocycles. The Hall–Kier alpha value is -2.72. The molecule has 0 aliphatic rings. The van der Waals surface area contributed by atoms with E-state index in [0.29, 0.717) is 32.0 Å². The van der Waals surface area contributed by atoms with Crippen molar-refractivity contribution in [2.45, 2.75) is 13.5 Å². The number of carbonyl (C=O) groups is 2. The molecule has 0 radical (unpaired) electrons. The molecular formula is C16H14BrClN6O3. The molecule has 0 spiro atoms. The highest BCUT2D eigenvalue weighted by atomic mass is 79.9. The van der Waals surface area contributed by atoms with Gasteiger partial charge in [-0.15, -0.1) is 0 Å². The summed E-state index contributed by atoms with van der Waals surface area (Å²) in [7, 11) is 1.67. The molecule has 0 saturated carbocycles. The highest BCUT2D eigenvalue weighted by Gasteiger charge is 2.15. The zero-order valence-electron chi connectivity index (χ0n) is 14.3. The fourth-order valence-corrected chi connectivity index (χ4v) is 3.24. The summed E-state index contributed by atoms with van der Waals surface area (Å²) in [5.41, 5.74) is 0.821. The van der Waals surface area contributed by atoms with Gasteiger partial charge in [0.1, 0.15) is 22.9 Å². The van der Waals surface area contributed by atoms with Crippen LogP contribution in [0.25, 0.3) is 11.0 Å². The number of amides is 2. The van der Waals surface area contributed by atoms with Gasteiger partial charge in [-0.1, -0.05) is 11.6 Å². The lowest BCUT2D eigenvalue weighted by molar-refractivity contribution is -0.117. The predicted molar refractivity (Wildman–Crippen MR) is 105 cm³/mol. The Labute approximate surface area is 166 Å². The summed E-state index contributed by atoms with van der Waals surface area (Å²) in [5, 5.41) is 9.91. The number of fused-ring (bicyclic) bond motifs is 1. The van der Waals surface area contributed by atoms with E-state index in [4.69, 9.17) is 11.6 Å². The number of aromatic nitrogens is 4. The van der Waals surface area contributed by atoms with Gasteiger partial charge in [0.15, 0.2) is 5.65 Å². The van der Waals surface area contributed by atoms with Crippen molar-refractivity contribution in [3.63, 3.8) is 0 Å². The third-order valence-corrected chi connectivity index (χ3v) is 4.53. The van der Waals surface area contributed by atoms with Gasteiger partial charge in [-0.3, -0.25) is 19.0 Å². The second-order valence-corrected chi connectivity index (χ2v) is 6.87. The summed E-state index contributed by atoms with van der Waals surface area (Å²) in [6.07, 6.45) is 1.29. The normalized spacial score (nSPS) is 10.8. The zero-order valence-corrected chi connectivity index (χ0v) is 16.6. The molecule has 3 rings (SSSR count). The molecule has 9 nitrogen and oxygen atoms in total. The first kappa shape index (κ1) is 19.1. The van der Waals surface area contributed by atoms with Crippen LogP contribution in [0, 0.1) is 0 Å². The van der Waals surface area contributed by atoms with Gasteiger partial charge in [-0.2, -0.15) is 5.10 Å². The molecule has 11 heteroatoms. The minimum Gasteiger partial charge on any atom is -0.326 e. The fraction of sp³-hybridized carbons (Fsp3) is 0.188. The number of anilines is 2. The molecule has 140 valence electrons. The van der Waals surface area contributed by atoms with Crippen LogP contribution in [0.5, 0.6) is 0 Å². The van der Waals surface area contributed by atoms with Crippen molar-refractivity contribution in [3.05, 3.63) is 44.5 Å². The Balaban J connectivity index is 1.83. The van der Waals surface area contributed by atoms with Crippen LogP contribution in [0.4, 0.5) is 11.4 Å². The second-order valence-electron chi connectivity index (χ2n) is 5.71. The molecule has 0 atom stereocenters. The minimum absolute atomic E-state index is 0.248. The second kappa shape index (κ2) is 7.49. The van der Waals surface area contributed by atoms with Crippen LogP contribution in [0.2, 0.25) is 5.02 Å².